The molecule has 0 aromatic rings. The Kier molecular flexibility index (Phi) is 67.8. The van der Waals surface area contributed by atoms with E-state index in [9.17, 15) is 43.2 Å². The van der Waals surface area contributed by atoms with Gasteiger partial charge in [0.05, 0.1) is 26.4 Å². The maximum Gasteiger partial charge on any atom is 0.472 e. The minimum Gasteiger partial charge on any atom is -0.462 e. The molecule has 0 radical (unpaired) electrons. The van der Waals surface area contributed by atoms with Gasteiger partial charge in [0.1, 0.15) is 19.3 Å². The van der Waals surface area contributed by atoms with E-state index in [-0.39, 0.29) is 25.7 Å². The van der Waals surface area contributed by atoms with Crippen molar-refractivity contribution in [2.24, 2.45) is 0 Å². The number of phosphoric ester groups is 2. The van der Waals surface area contributed by atoms with Gasteiger partial charge in [-0.25, -0.2) is 9.13 Å². The zero-order chi connectivity index (χ0) is 70.4. The zero-order valence-electron chi connectivity index (χ0n) is 61.1. The standard InChI is InChI=1S/C77H140O17P2/c1-5-9-13-17-21-25-29-32-34-35-37-39-43-46-50-54-58-62-75(80)88-68-73(94-77(82)64-60-56-52-48-44-40-36-33-30-26-22-18-14-10-6-2)70-92-96(85,86)90-66-71(78)65-89-95(83,84)91-69-72(93-76(81)63-59-55-51-47-41-28-24-20-16-12-8-4)67-87-74(79)61-57-53-49-45-42-38-31-27-23-19-15-11-7-3/h9,13,20-21,24-25,32,34,37,39,71-73,78H,5-8,10-12,14-19,22-23,26-31,33,35-36,38,40-70H2,1-4H3,(H,83,84)(H,85,86)/b13-9-,24-20-,25-21-,34-32-,39-37-. The minimum atomic E-state index is -4.97. The molecule has 0 rings (SSSR count). The minimum absolute atomic E-state index is 0.0897. The predicted octanol–water partition coefficient (Wildman–Crippen LogP) is 21.9. The highest BCUT2D eigenvalue weighted by atomic mass is 31.2. The fraction of sp³-hybridized carbons (Fsp3) is 0.818. The highest BCUT2D eigenvalue weighted by molar-refractivity contribution is 7.47. The van der Waals surface area contributed by atoms with Crippen molar-refractivity contribution in [3.8, 4) is 0 Å². The number of hydrogen-bond acceptors (Lipinski definition) is 15. The van der Waals surface area contributed by atoms with Gasteiger partial charge in [0, 0.05) is 25.7 Å². The Morgan fingerprint density at radius 2 is 0.552 bits per heavy atom. The molecule has 0 aliphatic heterocycles. The van der Waals surface area contributed by atoms with Crippen LogP contribution in [0.3, 0.4) is 0 Å². The molecule has 5 unspecified atom stereocenters. The second-order valence-electron chi connectivity index (χ2n) is 25.9. The first kappa shape index (κ1) is 92.8. The molecule has 0 aromatic carbocycles. The zero-order valence-corrected chi connectivity index (χ0v) is 62.8. The maximum atomic E-state index is 13.1. The number of esters is 4. The van der Waals surface area contributed by atoms with Crippen LogP contribution in [-0.4, -0.2) is 96.7 Å². The second kappa shape index (κ2) is 70.2. The maximum absolute atomic E-state index is 13.1. The van der Waals surface area contributed by atoms with Gasteiger partial charge in [0.25, 0.3) is 0 Å². The summed E-state index contributed by atoms with van der Waals surface area (Å²) < 4.78 is 68.4. The first-order valence-corrected chi connectivity index (χ1v) is 41.5. The molecule has 560 valence electrons. The van der Waals surface area contributed by atoms with Crippen LogP contribution in [0.2, 0.25) is 0 Å². The number of carbonyl (C=O) groups excluding carboxylic acids is 4. The molecule has 0 aliphatic rings. The monoisotopic (exact) mass is 1400 g/mol. The lowest BCUT2D eigenvalue weighted by Crippen LogP contribution is -2.30. The molecule has 0 aliphatic carbocycles. The van der Waals surface area contributed by atoms with Crippen LogP contribution in [0.25, 0.3) is 0 Å². The Hall–Kier alpha value is -3.24. The summed E-state index contributed by atoms with van der Waals surface area (Å²) in [5, 5.41) is 10.6. The second-order valence-corrected chi connectivity index (χ2v) is 28.8. The topological polar surface area (TPSA) is 237 Å². The Bertz CT molecular complexity index is 2060. The lowest BCUT2D eigenvalue weighted by atomic mass is 10.0. The number of unbranched alkanes of at least 4 members (excludes halogenated alkanes) is 37. The van der Waals surface area contributed by atoms with Gasteiger partial charge < -0.3 is 33.8 Å². The Labute approximate surface area is 584 Å². The average molecular weight is 1400 g/mol. The number of allylic oxidation sites excluding steroid dienone is 10. The quantitative estimate of drug-likeness (QED) is 0.0169. The summed E-state index contributed by atoms with van der Waals surface area (Å²) in [7, 11) is -9.94. The fourth-order valence-electron chi connectivity index (χ4n) is 10.6. The van der Waals surface area contributed by atoms with Gasteiger partial charge in [0.2, 0.25) is 0 Å². The van der Waals surface area contributed by atoms with Crippen molar-refractivity contribution in [2.45, 2.75) is 367 Å². The van der Waals surface area contributed by atoms with Gasteiger partial charge in [-0.3, -0.25) is 37.3 Å². The fourth-order valence-corrected chi connectivity index (χ4v) is 12.2. The molecule has 17 nitrogen and oxygen atoms in total. The van der Waals surface area contributed by atoms with Crippen molar-refractivity contribution >= 4 is 39.5 Å². The summed E-state index contributed by atoms with van der Waals surface area (Å²) in [6.07, 6.45) is 67.8. The van der Waals surface area contributed by atoms with E-state index in [1.807, 2.05) is 0 Å². The SMILES string of the molecule is CC/C=C\C/C=C\C/C=C\C/C=C\CCCCCCC(=O)OCC(COP(=O)(O)OCC(O)COP(=O)(O)OCC(COC(=O)CCCCCCCCCCCCCCC)OC(=O)CCCCCCC/C=C\CCCC)OC(=O)CCCCCCCCCCCCCCCCC. The molecular weight excluding hydrogens is 1260 g/mol. The Balaban J connectivity index is 5.31. The number of aliphatic hydroxyl groups is 1. The molecular formula is C77H140O17P2. The first-order chi connectivity index (χ1) is 46.7. The average Bonchev–Trinajstić information content (AvgIpc) is 2.18. The number of aliphatic hydroxyl groups excluding tert-OH is 1. The lowest BCUT2D eigenvalue weighted by Gasteiger charge is -2.21. The highest BCUT2D eigenvalue weighted by Crippen LogP contribution is 2.45. The number of rotatable bonds is 73. The van der Waals surface area contributed by atoms with Gasteiger partial charge >= 0.3 is 39.5 Å². The van der Waals surface area contributed by atoms with Crippen LogP contribution in [0.15, 0.2) is 60.8 Å². The van der Waals surface area contributed by atoms with Gasteiger partial charge in [-0.15, -0.1) is 0 Å². The molecule has 0 saturated heterocycles. The summed E-state index contributed by atoms with van der Waals surface area (Å²) in [6.45, 7) is 4.74. The van der Waals surface area contributed by atoms with Crippen LogP contribution in [0.5, 0.6) is 0 Å². The van der Waals surface area contributed by atoms with E-state index in [0.29, 0.717) is 25.7 Å². The summed E-state index contributed by atoms with van der Waals surface area (Å²) in [6, 6.07) is 0. The molecule has 0 aromatic heterocycles. The van der Waals surface area contributed by atoms with E-state index >= 15 is 0 Å². The third-order valence-corrected chi connectivity index (χ3v) is 18.4. The van der Waals surface area contributed by atoms with E-state index in [1.54, 1.807) is 0 Å². The van der Waals surface area contributed by atoms with Crippen LogP contribution >= 0.6 is 15.6 Å². The van der Waals surface area contributed by atoms with Crippen molar-refractivity contribution in [3.63, 3.8) is 0 Å². The molecule has 96 heavy (non-hydrogen) atoms. The molecule has 0 bridgehead atoms. The van der Waals surface area contributed by atoms with E-state index in [2.05, 4.69) is 88.5 Å². The van der Waals surface area contributed by atoms with Crippen LogP contribution in [0.1, 0.15) is 349 Å². The van der Waals surface area contributed by atoms with Crippen molar-refractivity contribution in [1.82, 2.24) is 0 Å². The van der Waals surface area contributed by atoms with Crippen LogP contribution in [0.4, 0.5) is 0 Å². The summed E-state index contributed by atoms with van der Waals surface area (Å²) in [5.41, 5.74) is 0. The molecule has 0 saturated carbocycles. The molecule has 0 spiro atoms. The molecule has 3 N–H and O–H groups in total. The number of ether oxygens (including phenoxy) is 4. The van der Waals surface area contributed by atoms with Crippen molar-refractivity contribution < 1.29 is 80.2 Å². The van der Waals surface area contributed by atoms with Crippen molar-refractivity contribution in [2.75, 3.05) is 39.6 Å². The van der Waals surface area contributed by atoms with Gasteiger partial charge in [-0.2, -0.15) is 0 Å². The third kappa shape index (κ3) is 69.2. The predicted molar refractivity (Wildman–Crippen MR) is 390 cm³/mol. The normalized spacial score (nSPS) is 14.3. The molecule has 5 atom stereocenters. The summed E-state index contributed by atoms with van der Waals surface area (Å²) >= 11 is 0. The Morgan fingerprint density at radius 1 is 0.302 bits per heavy atom. The van der Waals surface area contributed by atoms with Gasteiger partial charge in [-0.1, -0.05) is 300 Å². The third-order valence-electron chi connectivity index (χ3n) is 16.5. The number of hydrogen-bond donors (Lipinski definition) is 3. The molecule has 0 heterocycles. The van der Waals surface area contributed by atoms with E-state index in [1.165, 1.54) is 135 Å². The van der Waals surface area contributed by atoms with Gasteiger partial charge in [-0.05, 0) is 83.5 Å². The number of carbonyl (C=O) groups is 4. The molecule has 0 fully saturated rings. The largest absolute Gasteiger partial charge is 0.472 e. The van der Waals surface area contributed by atoms with Crippen LogP contribution < -0.4 is 0 Å². The van der Waals surface area contributed by atoms with Crippen molar-refractivity contribution in [3.05, 3.63) is 60.8 Å². The van der Waals surface area contributed by atoms with Crippen molar-refractivity contribution in [1.29, 1.82) is 0 Å². The van der Waals surface area contributed by atoms with Crippen LogP contribution in [0, 0.1) is 0 Å². The smallest absolute Gasteiger partial charge is 0.462 e. The molecule has 0 amide bonds. The van der Waals surface area contributed by atoms with E-state index in [4.69, 9.17) is 37.0 Å². The molecule has 19 heteroatoms. The number of phosphoric acid groups is 2. The first-order valence-electron chi connectivity index (χ1n) is 38.5. The Morgan fingerprint density at radius 3 is 0.875 bits per heavy atom. The highest BCUT2D eigenvalue weighted by Gasteiger charge is 2.30. The summed E-state index contributed by atoms with van der Waals surface area (Å²) in [4.78, 5) is 72.8. The summed E-state index contributed by atoms with van der Waals surface area (Å²) in [5.74, 6) is -2.18. The van der Waals surface area contributed by atoms with Crippen LogP contribution in [-0.2, 0) is 65.4 Å². The lowest BCUT2D eigenvalue weighted by molar-refractivity contribution is -0.161. The van der Waals surface area contributed by atoms with E-state index in [0.717, 1.165) is 135 Å². The van der Waals surface area contributed by atoms with Gasteiger partial charge in [0.15, 0.2) is 12.2 Å². The van der Waals surface area contributed by atoms with E-state index < -0.39 is 97.5 Å².